The number of aliphatic hydroxyl groups is 1. The van der Waals surface area contributed by atoms with Crippen LogP contribution in [0.5, 0.6) is 5.88 Å². The summed E-state index contributed by atoms with van der Waals surface area (Å²) in [6.07, 6.45) is -1.82. The first kappa shape index (κ1) is 35.7. The highest BCUT2D eigenvalue weighted by Gasteiger charge is 2.65. The van der Waals surface area contributed by atoms with Gasteiger partial charge in [-0.1, -0.05) is 95.2 Å². The Morgan fingerprint density at radius 2 is 1.55 bits per heavy atom. The van der Waals surface area contributed by atoms with Gasteiger partial charge in [-0.25, -0.2) is 4.98 Å². The topological polar surface area (TPSA) is 161 Å². The monoisotopic (exact) mass is 689 g/mol. The number of nitrogen functional groups attached to an aromatic ring is 1. The fourth-order valence-electron chi connectivity index (χ4n) is 7.04. The van der Waals surface area contributed by atoms with Crippen LogP contribution in [0.1, 0.15) is 124 Å². The fraction of sp³-hybridized carbons (Fsp3) is 0.667. The summed E-state index contributed by atoms with van der Waals surface area (Å²) in [5, 5.41) is 11.1. The predicted molar refractivity (Wildman–Crippen MR) is 182 cm³/mol. The molecule has 2 fully saturated rings. The van der Waals surface area contributed by atoms with E-state index < -0.39 is 43.2 Å². The smallest absolute Gasteiger partial charge is 0.349 e. The van der Waals surface area contributed by atoms with Crippen molar-refractivity contribution in [2.24, 2.45) is 0 Å². The maximum atomic E-state index is 14.1. The highest BCUT2D eigenvalue weighted by atomic mass is 32.2. The summed E-state index contributed by atoms with van der Waals surface area (Å²) >= 11 is 0. The molecule has 4 heterocycles. The first-order valence-electron chi connectivity index (χ1n) is 16.4. The van der Waals surface area contributed by atoms with E-state index >= 15 is 0 Å². The van der Waals surface area contributed by atoms with Gasteiger partial charge in [0.2, 0.25) is 5.95 Å². The van der Waals surface area contributed by atoms with Crippen LogP contribution >= 0.6 is 0 Å². The molecule has 2 aliphatic rings. The zero-order valence-corrected chi connectivity index (χ0v) is 31.5. The van der Waals surface area contributed by atoms with Crippen molar-refractivity contribution in [1.82, 2.24) is 19.5 Å². The van der Waals surface area contributed by atoms with E-state index in [0.717, 1.165) is 5.56 Å². The van der Waals surface area contributed by atoms with Gasteiger partial charge in [-0.05, 0) is 34.4 Å². The minimum absolute atomic E-state index is 0.0646. The molecule has 12 nitrogen and oxygen atoms in total. The zero-order chi connectivity index (χ0) is 35.0. The number of nitrogens with two attached hydrogens (primary N) is 1. The second kappa shape index (κ2) is 12.1. The summed E-state index contributed by atoms with van der Waals surface area (Å²) in [4.78, 5) is 13.1. The molecule has 5 rings (SSSR count). The van der Waals surface area contributed by atoms with Crippen LogP contribution in [0.3, 0.4) is 0 Å². The second-order valence-electron chi connectivity index (χ2n) is 15.8. The molecule has 47 heavy (non-hydrogen) atoms. The molecular formula is C33H51N5O7SSi. The lowest BCUT2D eigenvalue weighted by molar-refractivity contribution is -0.0795. The Hall–Kier alpha value is -2.62. The molecule has 0 saturated carbocycles. The van der Waals surface area contributed by atoms with Crippen LogP contribution in [0.25, 0.3) is 11.2 Å². The molecule has 3 aromatic rings. The fourth-order valence-corrected chi connectivity index (χ4v) is 13.6. The summed E-state index contributed by atoms with van der Waals surface area (Å²) in [6, 6.07) is 3.88. The van der Waals surface area contributed by atoms with Gasteiger partial charge in [-0.15, -0.1) is 0 Å². The van der Waals surface area contributed by atoms with Crippen LogP contribution in [0.4, 0.5) is 5.95 Å². The average molecular weight is 690 g/mol. The van der Waals surface area contributed by atoms with E-state index in [9.17, 15) is 13.5 Å². The van der Waals surface area contributed by atoms with Gasteiger partial charge in [-0.3, -0.25) is 4.57 Å². The average Bonchev–Trinajstić information content (AvgIpc) is 3.50. The van der Waals surface area contributed by atoms with Crippen LogP contribution in [0, 0.1) is 0 Å². The molecule has 0 unspecified atom stereocenters. The van der Waals surface area contributed by atoms with Crippen molar-refractivity contribution in [3.05, 3.63) is 35.2 Å². The molecular weight excluding hydrogens is 639 g/mol. The molecule has 0 spiro atoms. The molecule has 2 aliphatic heterocycles. The van der Waals surface area contributed by atoms with Crippen molar-refractivity contribution in [3.63, 3.8) is 0 Å². The summed E-state index contributed by atoms with van der Waals surface area (Å²) in [5.41, 5.74) is 8.73. The number of rotatable bonds is 7. The summed E-state index contributed by atoms with van der Waals surface area (Å²) in [5.74, 6) is -0.501. The Labute approximate surface area is 279 Å². The normalized spacial score (nSPS) is 23.7. The van der Waals surface area contributed by atoms with Crippen LogP contribution in [0.15, 0.2) is 23.4 Å². The number of hydrogen-bond acceptors (Lipinski definition) is 11. The lowest BCUT2D eigenvalue weighted by Crippen LogP contribution is -2.65. The van der Waals surface area contributed by atoms with Crippen molar-refractivity contribution in [2.45, 2.75) is 140 Å². The Morgan fingerprint density at radius 1 is 0.979 bits per heavy atom. The van der Waals surface area contributed by atoms with E-state index in [2.05, 4.69) is 70.3 Å². The number of ether oxygens (including phenoxy) is 1. The quantitative estimate of drug-likeness (QED) is 0.213. The second-order valence-corrected chi connectivity index (χ2v) is 22.0. The number of aliphatic hydroxyl groups excluding tert-OH is 1. The number of hydrogen-bond donors (Lipinski definition) is 2. The van der Waals surface area contributed by atoms with Crippen LogP contribution < -0.4 is 9.92 Å². The first-order valence-corrected chi connectivity index (χ1v) is 19.6. The van der Waals surface area contributed by atoms with E-state index in [0.29, 0.717) is 11.1 Å². The third-order valence-corrected chi connectivity index (χ3v) is 15.7. The Balaban J connectivity index is 1.54. The maximum absolute atomic E-state index is 14.1. The van der Waals surface area contributed by atoms with E-state index in [1.165, 1.54) is 10.9 Å². The lowest BCUT2D eigenvalue weighted by atomic mass is 9.89. The molecule has 0 radical (unpaired) electrons. The van der Waals surface area contributed by atoms with Gasteiger partial charge in [0.05, 0.1) is 12.9 Å². The molecule has 0 aliphatic carbocycles. The molecule has 3 N–H and O–H groups in total. The third-order valence-electron chi connectivity index (χ3n) is 9.24. The minimum atomic E-state index is -4.40. The van der Waals surface area contributed by atoms with E-state index in [-0.39, 0.29) is 62.3 Å². The molecule has 2 saturated heterocycles. The molecule has 1 aromatic carbocycles. The highest BCUT2D eigenvalue weighted by molar-refractivity contribution is 7.87. The van der Waals surface area contributed by atoms with Gasteiger partial charge in [-0.2, -0.15) is 18.4 Å². The van der Waals surface area contributed by atoms with Crippen molar-refractivity contribution in [3.8, 4) is 5.88 Å². The summed E-state index contributed by atoms with van der Waals surface area (Å²) < 4.78 is 55.2. The summed E-state index contributed by atoms with van der Waals surface area (Å²) in [7, 11) is -7.29. The van der Waals surface area contributed by atoms with E-state index in [1.807, 2.05) is 39.8 Å². The van der Waals surface area contributed by atoms with Crippen molar-refractivity contribution in [2.75, 3.05) is 12.3 Å². The number of imidazole rings is 1. The molecule has 0 bridgehead atoms. The van der Waals surface area contributed by atoms with Gasteiger partial charge < -0.3 is 28.6 Å². The van der Waals surface area contributed by atoms with Gasteiger partial charge >= 0.3 is 18.7 Å². The van der Waals surface area contributed by atoms with Crippen molar-refractivity contribution < 1.29 is 31.3 Å². The van der Waals surface area contributed by atoms with Gasteiger partial charge in [0.25, 0.3) is 5.88 Å². The zero-order valence-electron chi connectivity index (χ0n) is 29.7. The van der Waals surface area contributed by atoms with Crippen molar-refractivity contribution >= 4 is 35.8 Å². The molecule has 0 amide bonds. The molecule has 4 atom stereocenters. The number of fused-ring (bicyclic) bond motifs is 2. The molecule has 14 heteroatoms. The van der Waals surface area contributed by atoms with Crippen LogP contribution in [-0.4, -0.2) is 66.5 Å². The maximum Gasteiger partial charge on any atom is 0.349 e. The Morgan fingerprint density at radius 3 is 2.06 bits per heavy atom. The van der Waals surface area contributed by atoms with Gasteiger partial charge in [0, 0.05) is 10.1 Å². The van der Waals surface area contributed by atoms with Crippen LogP contribution in [-0.2, 0) is 23.7 Å². The number of benzene rings is 1. The lowest BCUT2D eigenvalue weighted by Gasteiger charge is -2.53. The van der Waals surface area contributed by atoms with Crippen molar-refractivity contribution in [1.29, 1.82) is 0 Å². The Bertz CT molecular complexity index is 1720. The number of nitrogens with zero attached hydrogens (tertiary/aromatic N) is 4. The summed E-state index contributed by atoms with van der Waals surface area (Å²) in [6.45, 7) is 24.9. The Kier molecular flexibility index (Phi) is 9.15. The van der Waals surface area contributed by atoms with Gasteiger partial charge in [0.15, 0.2) is 17.4 Å². The minimum Gasteiger partial charge on any atom is -0.391 e. The number of anilines is 1. The van der Waals surface area contributed by atoms with Crippen LogP contribution in [0.2, 0.25) is 10.1 Å². The van der Waals surface area contributed by atoms with E-state index in [4.69, 9.17) is 23.5 Å². The van der Waals surface area contributed by atoms with E-state index in [1.54, 1.807) is 0 Å². The van der Waals surface area contributed by atoms with Gasteiger partial charge in [0.1, 0.15) is 23.2 Å². The SMILES string of the molecule is CC(C)c1cc(C(C)C)c(S(=O)(=O)Oc2nc(N)nc3c2ncn3[C@@H]2O[C@@H]3CO[Si](C(C)(C)C)(C(C)(C)C)O[C@H]3[C@H]2O)c(C(C)C)c1. The standard InChI is InChI=1S/C33H51N5O7SSi/c1-17(2)20-13-21(18(3)4)27(22(14-20)19(5)6)46(40,41)44-29-24-28(36-31(34)37-29)38(16-35-24)30-25(39)26-23(43-30)15-42-47(45-26,32(7,8)9)33(10,11)12/h13-14,16-19,23,25-26,30,39H,15H2,1-12H3,(H2,34,36,37)/t23-,25-,26-,30-/m1/s1. The molecule has 2 aromatic heterocycles. The first-order chi connectivity index (χ1) is 21.6. The number of aromatic nitrogens is 4. The highest BCUT2D eigenvalue weighted by Crippen LogP contribution is 2.56. The predicted octanol–water partition coefficient (Wildman–Crippen LogP) is 6.26. The molecule has 260 valence electrons. The third kappa shape index (κ3) is 6.10. The largest absolute Gasteiger partial charge is 0.391 e.